The van der Waals surface area contributed by atoms with Gasteiger partial charge in [0.15, 0.2) is 0 Å². The van der Waals surface area contributed by atoms with Crippen molar-refractivity contribution in [1.29, 1.82) is 0 Å². The smallest absolute Gasteiger partial charge is 0.241 e. The summed E-state index contributed by atoms with van der Waals surface area (Å²) in [5, 5.41) is 2.87. The molecule has 0 aliphatic rings. The minimum absolute atomic E-state index is 0.0888. The van der Waals surface area contributed by atoms with E-state index in [2.05, 4.69) is 10.0 Å². The van der Waals surface area contributed by atoms with Crippen LogP contribution in [0.1, 0.15) is 16.7 Å². The summed E-state index contributed by atoms with van der Waals surface area (Å²) in [4.78, 5) is 13.0. The number of hydrogen-bond acceptors (Lipinski definition) is 4. The number of carbonyl (C=O) groups excluding carboxylic acids is 1. The standard InChI is InChI=1S/C25H28N2O4S/c1-19-17-22(13-14-24(19)31-2)32(29,30)27-23(18-21-11-7-4-8-12-21)25(28)26-16-15-20-9-5-3-6-10-20/h3-14,17,23,27H,15-16,18H2,1-2H3,(H,26,28)/t23-/m0/s1. The molecule has 168 valence electrons. The maximum atomic E-state index is 13.1. The van der Waals surface area contributed by atoms with Crippen LogP contribution in [-0.2, 0) is 27.7 Å². The van der Waals surface area contributed by atoms with Gasteiger partial charge in [-0.25, -0.2) is 8.42 Å². The zero-order valence-electron chi connectivity index (χ0n) is 18.2. The van der Waals surface area contributed by atoms with Gasteiger partial charge in [0.25, 0.3) is 0 Å². The fraction of sp³-hybridized carbons (Fsp3) is 0.240. The average Bonchev–Trinajstić information content (AvgIpc) is 2.80. The van der Waals surface area contributed by atoms with E-state index in [0.717, 1.165) is 11.1 Å². The van der Waals surface area contributed by atoms with Crippen molar-refractivity contribution in [1.82, 2.24) is 10.0 Å². The molecule has 0 fully saturated rings. The number of sulfonamides is 1. The Morgan fingerprint density at radius 1 is 0.938 bits per heavy atom. The first-order valence-corrected chi connectivity index (χ1v) is 11.9. The summed E-state index contributed by atoms with van der Waals surface area (Å²) in [5.74, 6) is 0.238. The Bertz CT molecular complexity index is 1130. The predicted octanol–water partition coefficient (Wildman–Crippen LogP) is 3.25. The van der Waals surface area contributed by atoms with E-state index >= 15 is 0 Å². The number of hydrogen-bond donors (Lipinski definition) is 2. The highest BCUT2D eigenvalue weighted by atomic mass is 32.2. The lowest BCUT2D eigenvalue weighted by atomic mass is 10.1. The van der Waals surface area contributed by atoms with Crippen LogP contribution in [0.5, 0.6) is 5.75 Å². The third-order valence-electron chi connectivity index (χ3n) is 5.13. The molecule has 1 amide bonds. The summed E-state index contributed by atoms with van der Waals surface area (Å²) < 4.78 is 33.9. The van der Waals surface area contributed by atoms with Gasteiger partial charge in [-0.05, 0) is 54.7 Å². The maximum absolute atomic E-state index is 13.1. The first-order valence-electron chi connectivity index (χ1n) is 10.4. The Labute approximate surface area is 189 Å². The molecule has 3 aromatic carbocycles. The van der Waals surface area contributed by atoms with Gasteiger partial charge in [-0.2, -0.15) is 4.72 Å². The molecule has 0 aromatic heterocycles. The van der Waals surface area contributed by atoms with Crippen LogP contribution in [0.4, 0.5) is 0 Å². The maximum Gasteiger partial charge on any atom is 0.241 e. The molecule has 6 nitrogen and oxygen atoms in total. The van der Waals surface area contributed by atoms with Gasteiger partial charge in [0.2, 0.25) is 15.9 Å². The molecule has 0 spiro atoms. The molecule has 0 radical (unpaired) electrons. The lowest BCUT2D eigenvalue weighted by Crippen LogP contribution is -2.48. The SMILES string of the molecule is COc1ccc(S(=O)(=O)N[C@@H](Cc2ccccc2)C(=O)NCCc2ccccc2)cc1C. The number of methoxy groups -OCH3 is 1. The minimum atomic E-state index is -3.92. The Hall–Kier alpha value is -3.16. The molecule has 2 N–H and O–H groups in total. The normalized spacial score (nSPS) is 12.2. The largest absolute Gasteiger partial charge is 0.496 e. The fourth-order valence-electron chi connectivity index (χ4n) is 3.41. The van der Waals surface area contributed by atoms with E-state index in [1.165, 1.54) is 19.2 Å². The Morgan fingerprint density at radius 2 is 1.56 bits per heavy atom. The highest BCUT2D eigenvalue weighted by Crippen LogP contribution is 2.21. The van der Waals surface area contributed by atoms with Crippen molar-refractivity contribution in [2.24, 2.45) is 0 Å². The molecule has 32 heavy (non-hydrogen) atoms. The summed E-state index contributed by atoms with van der Waals surface area (Å²) in [5.41, 5.74) is 2.66. The van der Waals surface area contributed by atoms with Crippen molar-refractivity contribution in [3.63, 3.8) is 0 Å². The molecule has 7 heteroatoms. The Kier molecular flexibility index (Phi) is 8.03. The second-order valence-corrected chi connectivity index (χ2v) is 9.24. The monoisotopic (exact) mass is 452 g/mol. The topological polar surface area (TPSA) is 84.5 Å². The van der Waals surface area contributed by atoms with Crippen molar-refractivity contribution < 1.29 is 17.9 Å². The second-order valence-electron chi connectivity index (χ2n) is 7.52. The third-order valence-corrected chi connectivity index (χ3v) is 6.60. The summed E-state index contributed by atoms with van der Waals surface area (Å²) in [7, 11) is -2.38. The van der Waals surface area contributed by atoms with Gasteiger partial charge in [0.1, 0.15) is 11.8 Å². The van der Waals surface area contributed by atoms with Gasteiger partial charge in [-0.1, -0.05) is 60.7 Å². The van der Waals surface area contributed by atoms with Crippen LogP contribution in [0.2, 0.25) is 0 Å². The van der Waals surface area contributed by atoms with E-state index in [4.69, 9.17) is 4.74 Å². The molecule has 0 saturated heterocycles. The highest BCUT2D eigenvalue weighted by Gasteiger charge is 2.26. The summed E-state index contributed by atoms with van der Waals surface area (Å²) in [6.45, 7) is 2.19. The molecule has 3 rings (SSSR count). The van der Waals surface area contributed by atoms with E-state index in [0.29, 0.717) is 24.3 Å². The van der Waals surface area contributed by atoms with E-state index < -0.39 is 16.1 Å². The number of ether oxygens (including phenoxy) is 1. The lowest BCUT2D eigenvalue weighted by molar-refractivity contribution is -0.122. The van der Waals surface area contributed by atoms with Crippen molar-refractivity contribution in [3.05, 3.63) is 95.6 Å². The highest BCUT2D eigenvalue weighted by molar-refractivity contribution is 7.89. The molecular weight excluding hydrogens is 424 g/mol. The zero-order chi connectivity index (χ0) is 23.0. The molecule has 0 bridgehead atoms. The quantitative estimate of drug-likeness (QED) is 0.495. The van der Waals surface area contributed by atoms with Crippen LogP contribution < -0.4 is 14.8 Å². The number of benzene rings is 3. The first kappa shape index (κ1) is 23.5. The molecule has 0 unspecified atom stereocenters. The van der Waals surface area contributed by atoms with Crippen molar-refractivity contribution >= 4 is 15.9 Å². The zero-order valence-corrected chi connectivity index (χ0v) is 19.1. The number of rotatable bonds is 10. The molecule has 0 saturated carbocycles. The van der Waals surface area contributed by atoms with Gasteiger partial charge in [0.05, 0.1) is 12.0 Å². The van der Waals surface area contributed by atoms with E-state index in [1.807, 2.05) is 60.7 Å². The van der Waals surface area contributed by atoms with Crippen LogP contribution >= 0.6 is 0 Å². The number of aryl methyl sites for hydroxylation is 1. The summed E-state index contributed by atoms with van der Waals surface area (Å²) in [6.07, 6.45) is 0.904. The van der Waals surface area contributed by atoms with Gasteiger partial charge < -0.3 is 10.1 Å². The predicted molar refractivity (Wildman–Crippen MR) is 125 cm³/mol. The number of carbonyl (C=O) groups is 1. The van der Waals surface area contributed by atoms with Gasteiger partial charge in [-0.3, -0.25) is 4.79 Å². The van der Waals surface area contributed by atoms with E-state index in [-0.39, 0.29) is 17.2 Å². The minimum Gasteiger partial charge on any atom is -0.496 e. The van der Waals surface area contributed by atoms with Crippen molar-refractivity contribution in [2.45, 2.75) is 30.7 Å². The average molecular weight is 453 g/mol. The van der Waals surface area contributed by atoms with Crippen LogP contribution in [0.3, 0.4) is 0 Å². The summed E-state index contributed by atoms with van der Waals surface area (Å²) in [6, 6.07) is 22.8. The van der Waals surface area contributed by atoms with Crippen LogP contribution in [0.25, 0.3) is 0 Å². The first-order chi connectivity index (χ1) is 15.4. The molecule has 0 aliphatic heterocycles. The van der Waals surface area contributed by atoms with Crippen molar-refractivity contribution in [3.8, 4) is 5.75 Å². The molecule has 1 atom stereocenters. The Morgan fingerprint density at radius 3 is 2.16 bits per heavy atom. The Balaban J connectivity index is 1.75. The molecule has 0 heterocycles. The van der Waals surface area contributed by atoms with Crippen molar-refractivity contribution in [2.75, 3.05) is 13.7 Å². The third kappa shape index (κ3) is 6.42. The van der Waals surface area contributed by atoms with Crippen LogP contribution in [-0.4, -0.2) is 34.0 Å². The van der Waals surface area contributed by atoms with E-state index in [1.54, 1.807) is 13.0 Å². The van der Waals surface area contributed by atoms with Crippen LogP contribution in [0, 0.1) is 6.92 Å². The molecular formula is C25H28N2O4S. The molecule has 3 aromatic rings. The van der Waals surface area contributed by atoms with Crippen LogP contribution in [0.15, 0.2) is 83.8 Å². The number of nitrogens with one attached hydrogen (secondary N) is 2. The summed E-state index contributed by atoms with van der Waals surface area (Å²) >= 11 is 0. The molecule has 0 aliphatic carbocycles. The number of amides is 1. The van der Waals surface area contributed by atoms with Gasteiger partial charge >= 0.3 is 0 Å². The lowest BCUT2D eigenvalue weighted by Gasteiger charge is -2.19. The van der Waals surface area contributed by atoms with Gasteiger partial charge in [0, 0.05) is 6.54 Å². The van der Waals surface area contributed by atoms with Gasteiger partial charge in [-0.15, -0.1) is 0 Å². The van der Waals surface area contributed by atoms with E-state index in [9.17, 15) is 13.2 Å². The second kappa shape index (κ2) is 10.9. The fourth-order valence-corrected chi connectivity index (χ4v) is 4.69.